The highest BCUT2D eigenvalue weighted by Crippen LogP contribution is 2.33. The molecule has 6 heteroatoms. The molecule has 18 heavy (non-hydrogen) atoms. The summed E-state index contributed by atoms with van der Waals surface area (Å²) in [7, 11) is -2.84. The summed E-state index contributed by atoms with van der Waals surface area (Å²) in [5.41, 5.74) is 1.08. The number of sulfone groups is 1. The first-order chi connectivity index (χ1) is 8.57. The highest BCUT2D eigenvalue weighted by molar-refractivity contribution is 7.91. The third kappa shape index (κ3) is 2.07. The van der Waals surface area contributed by atoms with Crippen molar-refractivity contribution in [2.75, 3.05) is 11.5 Å². The average molecular weight is 270 g/mol. The van der Waals surface area contributed by atoms with Gasteiger partial charge < -0.3 is 9.67 Å². The van der Waals surface area contributed by atoms with Crippen LogP contribution in [-0.4, -0.2) is 34.6 Å². The fraction of sp³-hybridized carbons (Fsp3) is 0.750. The molecule has 1 aromatic heterocycles. The van der Waals surface area contributed by atoms with Gasteiger partial charge in [0.1, 0.15) is 21.9 Å². The molecule has 0 saturated carbocycles. The predicted octanol–water partition coefficient (Wildman–Crippen LogP) is 1.00. The smallest absolute Gasteiger partial charge is 0.150 e. The van der Waals surface area contributed by atoms with Gasteiger partial charge in [0.05, 0.1) is 11.5 Å². The van der Waals surface area contributed by atoms with Crippen LogP contribution in [0.3, 0.4) is 0 Å². The standard InChI is InChI=1S/C12H18N2O3S/c15-11-3-1-2-10-8-13-12(14(10)11)9-4-6-18(16,17)7-5-9/h8-9,11,15H,1-7H2. The molecule has 2 aliphatic rings. The molecular formula is C12H18N2O3S. The molecule has 0 amide bonds. The van der Waals surface area contributed by atoms with Crippen LogP contribution >= 0.6 is 0 Å². The van der Waals surface area contributed by atoms with Gasteiger partial charge in [0.25, 0.3) is 0 Å². The van der Waals surface area contributed by atoms with Crippen molar-refractivity contribution in [2.45, 2.75) is 44.2 Å². The van der Waals surface area contributed by atoms with Crippen LogP contribution in [0, 0.1) is 0 Å². The molecule has 100 valence electrons. The number of aromatic nitrogens is 2. The van der Waals surface area contributed by atoms with Crippen LogP contribution in [0.25, 0.3) is 0 Å². The molecule has 0 spiro atoms. The number of fused-ring (bicyclic) bond motifs is 1. The molecular weight excluding hydrogens is 252 g/mol. The number of imidazole rings is 1. The quantitative estimate of drug-likeness (QED) is 0.826. The molecule has 0 aromatic carbocycles. The summed E-state index contributed by atoms with van der Waals surface area (Å²) in [6.45, 7) is 0. The van der Waals surface area contributed by atoms with Gasteiger partial charge in [0.2, 0.25) is 0 Å². The number of aryl methyl sites for hydroxylation is 1. The van der Waals surface area contributed by atoms with E-state index in [1.54, 1.807) is 0 Å². The fourth-order valence-electron chi connectivity index (χ4n) is 2.99. The Labute approximate surface area is 107 Å². The van der Waals surface area contributed by atoms with Gasteiger partial charge in [-0.3, -0.25) is 0 Å². The second-order valence-corrected chi connectivity index (χ2v) is 7.58. The number of hydrogen-bond acceptors (Lipinski definition) is 4. The topological polar surface area (TPSA) is 72.2 Å². The lowest BCUT2D eigenvalue weighted by atomic mass is 10.0. The lowest BCUT2D eigenvalue weighted by Crippen LogP contribution is -2.26. The zero-order valence-corrected chi connectivity index (χ0v) is 11.1. The summed E-state index contributed by atoms with van der Waals surface area (Å²) in [4.78, 5) is 4.43. The van der Waals surface area contributed by atoms with Gasteiger partial charge in [-0.15, -0.1) is 0 Å². The number of aliphatic hydroxyl groups excluding tert-OH is 1. The number of nitrogens with zero attached hydrogens (tertiary/aromatic N) is 2. The molecule has 5 nitrogen and oxygen atoms in total. The molecule has 3 rings (SSSR count). The molecule has 1 aromatic rings. The van der Waals surface area contributed by atoms with Gasteiger partial charge in [0, 0.05) is 17.8 Å². The van der Waals surface area contributed by atoms with Gasteiger partial charge in [-0.1, -0.05) is 0 Å². The van der Waals surface area contributed by atoms with Gasteiger partial charge >= 0.3 is 0 Å². The van der Waals surface area contributed by atoms with E-state index in [1.807, 2.05) is 10.8 Å². The minimum atomic E-state index is -2.84. The lowest BCUT2D eigenvalue weighted by molar-refractivity contribution is 0.0743. The zero-order valence-electron chi connectivity index (χ0n) is 10.2. The van der Waals surface area contributed by atoms with Gasteiger partial charge in [-0.25, -0.2) is 13.4 Å². The normalized spacial score (nSPS) is 27.9. The Balaban J connectivity index is 1.88. The summed E-state index contributed by atoms with van der Waals surface area (Å²) in [6, 6.07) is 0. The lowest BCUT2D eigenvalue weighted by Gasteiger charge is -2.27. The van der Waals surface area contributed by atoms with Gasteiger partial charge in [-0.2, -0.15) is 0 Å². The van der Waals surface area contributed by atoms with E-state index < -0.39 is 16.1 Å². The maximum Gasteiger partial charge on any atom is 0.150 e. The van der Waals surface area contributed by atoms with Crippen molar-refractivity contribution in [3.8, 4) is 0 Å². The van der Waals surface area contributed by atoms with Crippen LogP contribution in [0.2, 0.25) is 0 Å². The van der Waals surface area contributed by atoms with E-state index in [4.69, 9.17) is 0 Å². The van der Waals surface area contributed by atoms with Crippen molar-refractivity contribution >= 4 is 9.84 Å². The molecule has 0 radical (unpaired) electrons. The second-order valence-electron chi connectivity index (χ2n) is 5.28. The van der Waals surface area contributed by atoms with Crippen LogP contribution in [-0.2, 0) is 16.3 Å². The van der Waals surface area contributed by atoms with E-state index in [9.17, 15) is 13.5 Å². The fourth-order valence-corrected chi connectivity index (χ4v) is 4.48. The van der Waals surface area contributed by atoms with Crippen molar-refractivity contribution in [3.63, 3.8) is 0 Å². The van der Waals surface area contributed by atoms with Crippen LogP contribution in [0.15, 0.2) is 6.20 Å². The largest absolute Gasteiger partial charge is 0.373 e. The minimum Gasteiger partial charge on any atom is -0.373 e. The SMILES string of the molecule is O=S1(=O)CCC(c2ncc3n2C(O)CCC3)CC1. The summed E-state index contributed by atoms with van der Waals surface area (Å²) < 4.78 is 24.8. The van der Waals surface area contributed by atoms with Crippen LogP contribution in [0.1, 0.15) is 49.3 Å². The molecule has 0 aliphatic carbocycles. The third-order valence-corrected chi connectivity index (χ3v) is 5.73. The predicted molar refractivity (Wildman–Crippen MR) is 67.0 cm³/mol. The van der Waals surface area contributed by atoms with E-state index in [1.165, 1.54) is 0 Å². The van der Waals surface area contributed by atoms with E-state index in [0.717, 1.165) is 30.8 Å². The molecule has 1 unspecified atom stereocenters. The molecule has 3 heterocycles. The van der Waals surface area contributed by atoms with Crippen LogP contribution < -0.4 is 0 Å². The second kappa shape index (κ2) is 4.35. The van der Waals surface area contributed by atoms with E-state index in [2.05, 4.69) is 4.98 Å². The van der Waals surface area contributed by atoms with Crippen molar-refractivity contribution in [3.05, 3.63) is 17.7 Å². The molecule has 1 saturated heterocycles. The Morgan fingerprint density at radius 1 is 1.28 bits per heavy atom. The maximum absolute atomic E-state index is 11.4. The minimum absolute atomic E-state index is 0.176. The van der Waals surface area contributed by atoms with E-state index >= 15 is 0 Å². The van der Waals surface area contributed by atoms with Crippen LogP contribution in [0.5, 0.6) is 0 Å². The maximum atomic E-state index is 11.4. The first-order valence-electron chi connectivity index (χ1n) is 6.51. The summed E-state index contributed by atoms with van der Waals surface area (Å²) >= 11 is 0. The summed E-state index contributed by atoms with van der Waals surface area (Å²) in [6.07, 6.45) is 5.32. The zero-order chi connectivity index (χ0) is 12.8. The molecule has 1 fully saturated rings. The van der Waals surface area contributed by atoms with Crippen molar-refractivity contribution in [1.29, 1.82) is 0 Å². The van der Waals surface area contributed by atoms with Crippen molar-refractivity contribution < 1.29 is 13.5 Å². The Morgan fingerprint density at radius 3 is 2.72 bits per heavy atom. The monoisotopic (exact) mass is 270 g/mol. The van der Waals surface area contributed by atoms with Gasteiger partial charge in [-0.05, 0) is 32.1 Å². The third-order valence-electron chi connectivity index (χ3n) is 4.02. The molecule has 0 bridgehead atoms. The number of aliphatic hydroxyl groups is 1. The highest BCUT2D eigenvalue weighted by atomic mass is 32.2. The summed E-state index contributed by atoms with van der Waals surface area (Å²) in [5, 5.41) is 10.1. The van der Waals surface area contributed by atoms with Crippen molar-refractivity contribution in [2.24, 2.45) is 0 Å². The Morgan fingerprint density at radius 2 is 2.00 bits per heavy atom. The highest BCUT2D eigenvalue weighted by Gasteiger charge is 2.30. The summed E-state index contributed by atoms with van der Waals surface area (Å²) in [5.74, 6) is 1.55. The Bertz CT molecular complexity index is 536. The Hall–Kier alpha value is -0.880. The Kier molecular flexibility index (Phi) is 2.94. The number of rotatable bonds is 1. The molecule has 1 N–H and O–H groups in total. The average Bonchev–Trinajstić information content (AvgIpc) is 2.74. The molecule has 1 atom stereocenters. The number of hydrogen-bond donors (Lipinski definition) is 1. The first kappa shape index (κ1) is 12.2. The van der Waals surface area contributed by atoms with Crippen LogP contribution in [0.4, 0.5) is 0 Å². The van der Waals surface area contributed by atoms with E-state index in [-0.39, 0.29) is 17.4 Å². The molecule has 2 aliphatic heterocycles. The first-order valence-corrected chi connectivity index (χ1v) is 8.33. The van der Waals surface area contributed by atoms with E-state index in [0.29, 0.717) is 12.8 Å². The van der Waals surface area contributed by atoms with Crippen molar-refractivity contribution in [1.82, 2.24) is 9.55 Å². The van der Waals surface area contributed by atoms with Gasteiger partial charge in [0.15, 0.2) is 0 Å².